The fraction of sp³-hybridized carbons (Fsp3) is 0.353. The van der Waals surface area contributed by atoms with E-state index in [9.17, 15) is 4.79 Å². The summed E-state index contributed by atoms with van der Waals surface area (Å²) in [6.07, 6.45) is 5.57. The molecule has 1 aromatic rings. The second-order valence-corrected chi connectivity index (χ2v) is 5.10. The molecule has 0 aliphatic rings. The normalized spacial score (nSPS) is 12.0. The maximum absolute atomic E-state index is 11.0. The number of ether oxygens (including phenoxy) is 2. The quantitative estimate of drug-likeness (QED) is 0.438. The molecule has 1 aromatic carbocycles. The first-order valence-electron chi connectivity index (χ1n) is 6.94. The van der Waals surface area contributed by atoms with E-state index in [4.69, 9.17) is 9.47 Å². The Bertz CT molecular complexity index is 519. The van der Waals surface area contributed by atoms with Crippen LogP contribution < -0.4 is 9.47 Å². The molecule has 0 aromatic heterocycles. The highest BCUT2D eigenvalue weighted by molar-refractivity contribution is 7.83. The van der Waals surface area contributed by atoms with Gasteiger partial charge in [-0.15, -0.1) is 0 Å². The van der Waals surface area contributed by atoms with E-state index in [-0.39, 0.29) is 6.10 Å². The van der Waals surface area contributed by atoms with Gasteiger partial charge in [-0.05, 0) is 43.9 Å². The van der Waals surface area contributed by atoms with Gasteiger partial charge in [-0.3, -0.25) is 4.79 Å². The van der Waals surface area contributed by atoms with Crippen LogP contribution in [0, 0.1) is 0 Å². The van der Waals surface area contributed by atoms with Crippen LogP contribution in [0.2, 0.25) is 0 Å². The molecule has 0 aliphatic heterocycles. The van der Waals surface area contributed by atoms with Crippen molar-refractivity contribution >= 4 is 18.9 Å². The van der Waals surface area contributed by atoms with Crippen molar-refractivity contribution in [2.24, 2.45) is 0 Å². The largest absolute Gasteiger partial charge is 0.493 e. The van der Waals surface area contributed by atoms with Gasteiger partial charge in [0.1, 0.15) is 17.8 Å². The molecule has 0 spiro atoms. The van der Waals surface area contributed by atoms with Crippen LogP contribution in [0.3, 0.4) is 0 Å². The number of carbonyl (C=O) groups excluding carboxylic acids is 1. The van der Waals surface area contributed by atoms with Gasteiger partial charge in [0.15, 0.2) is 0 Å². The smallest absolute Gasteiger partial charge is 0.150 e. The number of aldehydes is 1. The molecule has 1 rings (SSSR count). The average Bonchev–Trinajstić information content (AvgIpc) is 2.45. The molecule has 0 saturated carbocycles. The lowest BCUT2D eigenvalue weighted by atomic mass is 10.2. The molecular formula is C17H22O3S. The van der Waals surface area contributed by atoms with E-state index in [1.54, 1.807) is 23.6 Å². The number of thiol groups is 1. The average molecular weight is 306 g/mol. The minimum absolute atomic E-state index is 0.0508. The molecule has 0 unspecified atom stereocenters. The lowest BCUT2D eigenvalue weighted by Crippen LogP contribution is -2.06. The van der Waals surface area contributed by atoms with E-state index in [1.165, 1.54) is 0 Å². The van der Waals surface area contributed by atoms with E-state index < -0.39 is 0 Å². The molecule has 0 aliphatic carbocycles. The first-order valence-corrected chi connectivity index (χ1v) is 7.46. The van der Waals surface area contributed by atoms with Crippen molar-refractivity contribution in [1.29, 1.82) is 0 Å². The highest BCUT2D eigenvalue weighted by Crippen LogP contribution is 2.23. The Kier molecular flexibility index (Phi) is 7.69. The molecule has 0 atom stereocenters. The number of allylic oxidation sites excluding steroid dienone is 2. The van der Waals surface area contributed by atoms with E-state index in [2.05, 4.69) is 12.6 Å². The number of rotatable bonds is 8. The van der Waals surface area contributed by atoms with Crippen molar-refractivity contribution in [2.75, 3.05) is 6.61 Å². The van der Waals surface area contributed by atoms with Crippen LogP contribution in [-0.4, -0.2) is 19.0 Å². The first-order chi connectivity index (χ1) is 10.1. The van der Waals surface area contributed by atoms with Gasteiger partial charge in [-0.2, -0.15) is 12.6 Å². The molecule has 0 N–H and O–H groups in total. The lowest BCUT2D eigenvalue weighted by molar-refractivity contribution is 0.112. The molecular weight excluding hydrogens is 284 g/mol. The topological polar surface area (TPSA) is 35.5 Å². The predicted molar refractivity (Wildman–Crippen MR) is 89.6 cm³/mol. The number of hydrogen-bond donors (Lipinski definition) is 1. The van der Waals surface area contributed by atoms with Crippen molar-refractivity contribution in [3.05, 3.63) is 46.9 Å². The number of benzene rings is 1. The number of carbonyl (C=O) groups is 1. The lowest BCUT2D eigenvalue weighted by Gasteiger charge is -2.13. The molecule has 0 bridgehead atoms. The fourth-order valence-electron chi connectivity index (χ4n) is 1.79. The summed E-state index contributed by atoms with van der Waals surface area (Å²) in [7, 11) is 0. The monoisotopic (exact) mass is 306 g/mol. The Labute approximate surface area is 132 Å². The summed E-state index contributed by atoms with van der Waals surface area (Å²) >= 11 is 4.06. The van der Waals surface area contributed by atoms with Crippen molar-refractivity contribution in [2.45, 2.75) is 33.3 Å². The number of hydrogen-bond acceptors (Lipinski definition) is 4. The van der Waals surface area contributed by atoms with E-state index in [1.807, 2.05) is 32.9 Å². The first kappa shape index (κ1) is 17.4. The molecule has 0 heterocycles. The van der Waals surface area contributed by atoms with Crippen molar-refractivity contribution in [3.63, 3.8) is 0 Å². The molecule has 21 heavy (non-hydrogen) atoms. The predicted octanol–water partition coefficient (Wildman–Crippen LogP) is 4.45. The second-order valence-electron chi connectivity index (χ2n) is 4.80. The summed E-state index contributed by atoms with van der Waals surface area (Å²) in [5.41, 5.74) is 1.69. The maximum Gasteiger partial charge on any atom is 0.150 e. The third kappa shape index (κ3) is 6.54. The Morgan fingerprint density at radius 3 is 2.57 bits per heavy atom. The van der Waals surface area contributed by atoms with E-state index >= 15 is 0 Å². The zero-order chi connectivity index (χ0) is 15.7. The summed E-state index contributed by atoms with van der Waals surface area (Å²) in [6.45, 7) is 6.39. The third-order valence-electron chi connectivity index (χ3n) is 2.73. The van der Waals surface area contributed by atoms with Gasteiger partial charge in [0.05, 0.1) is 12.7 Å². The van der Waals surface area contributed by atoms with Gasteiger partial charge in [-0.1, -0.05) is 12.2 Å². The molecule has 0 saturated heterocycles. The standard InChI is InChI=1S/C17H22O3S/c1-4-14(6-8-21)5-7-19-16-9-15(12-18)10-17(11-16)20-13(2)3/h4,6,8-13,21H,5,7H2,1-3H3/b8-6-,14-4-. The van der Waals surface area contributed by atoms with Crippen molar-refractivity contribution < 1.29 is 14.3 Å². The molecule has 114 valence electrons. The van der Waals surface area contributed by atoms with Crippen molar-refractivity contribution in [3.8, 4) is 11.5 Å². The second kappa shape index (κ2) is 9.29. The Hall–Kier alpha value is -1.68. The minimum Gasteiger partial charge on any atom is -0.493 e. The van der Waals surface area contributed by atoms with Gasteiger partial charge in [0.2, 0.25) is 0 Å². The van der Waals surface area contributed by atoms with E-state index in [0.717, 1.165) is 18.3 Å². The highest BCUT2D eigenvalue weighted by Gasteiger charge is 2.05. The minimum atomic E-state index is 0.0508. The summed E-state index contributed by atoms with van der Waals surface area (Å²) < 4.78 is 11.3. The fourth-order valence-corrected chi connectivity index (χ4v) is 1.98. The summed E-state index contributed by atoms with van der Waals surface area (Å²) in [5.74, 6) is 1.28. The zero-order valence-electron chi connectivity index (χ0n) is 12.7. The third-order valence-corrected chi connectivity index (χ3v) is 2.88. The SMILES string of the molecule is C/C=C(\C=C/S)CCOc1cc(C=O)cc(OC(C)C)c1. The molecule has 0 fully saturated rings. The zero-order valence-corrected chi connectivity index (χ0v) is 13.6. The summed E-state index contributed by atoms with van der Waals surface area (Å²) in [6, 6.07) is 5.22. The Morgan fingerprint density at radius 1 is 1.29 bits per heavy atom. The van der Waals surface area contributed by atoms with Crippen LogP contribution >= 0.6 is 12.6 Å². The van der Waals surface area contributed by atoms with Crippen LogP contribution in [0.1, 0.15) is 37.6 Å². The Morgan fingerprint density at radius 2 is 2.00 bits per heavy atom. The van der Waals surface area contributed by atoms with Crippen LogP contribution in [0.4, 0.5) is 0 Å². The van der Waals surface area contributed by atoms with Crippen LogP contribution in [0.5, 0.6) is 11.5 Å². The summed E-state index contributed by atoms with van der Waals surface area (Å²) in [5, 5.41) is 1.71. The van der Waals surface area contributed by atoms with Gasteiger partial charge < -0.3 is 9.47 Å². The summed E-state index contributed by atoms with van der Waals surface area (Å²) in [4.78, 5) is 11.0. The van der Waals surface area contributed by atoms with Crippen LogP contribution in [0.25, 0.3) is 0 Å². The van der Waals surface area contributed by atoms with Gasteiger partial charge in [-0.25, -0.2) is 0 Å². The highest BCUT2D eigenvalue weighted by atomic mass is 32.1. The van der Waals surface area contributed by atoms with Crippen LogP contribution in [0.15, 0.2) is 41.3 Å². The molecule has 0 amide bonds. The molecule has 0 radical (unpaired) electrons. The van der Waals surface area contributed by atoms with Gasteiger partial charge in [0.25, 0.3) is 0 Å². The van der Waals surface area contributed by atoms with Crippen molar-refractivity contribution in [1.82, 2.24) is 0 Å². The maximum atomic E-state index is 11.0. The Balaban J connectivity index is 2.71. The van der Waals surface area contributed by atoms with Gasteiger partial charge in [0, 0.05) is 18.1 Å². The molecule has 3 nitrogen and oxygen atoms in total. The van der Waals surface area contributed by atoms with Crippen LogP contribution in [-0.2, 0) is 0 Å². The van der Waals surface area contributed by atoms with E-state index in [0.29, 0.717) is 23.7 Å². The molecule has 4 heteroatoms. The van der Waals surface area contributed by atoms with Gasteiger partial charge >= 0.3 is 0 Å².